The zero-order valence-electron chi connectivity index (χ0n) is 51.6. The fourth-order valence-electron chi connectivity index (χ4n) is 16.1. The Morgan fingerprint density at radius 3 is 2.10 bits per heavy atom. The van der Waals surface area contributed by atoms with Gasteiger partial charge in [-0.2, -0.15) is 5.26 Å². The van der Waals surface area contributed by atoms with E-state index in [1.54, 1.807) is 19.8 Å². The Hall–Kier alpha value is -4.01. The number of benzene rings is 3. The van der Waals surface area contributed by atoms with Crippen LogP contribution in [0.4, 0.5) is 4.79 Å². The van der Waals surface area contributed by atoms with E-state index < -0.39 is 14.1 Å². The molecule has 3 aromatic carbocycles. The minimum Gasteiger partial charge on any atom is -0.497 e. The van der Waals surface area contributed by atoms with Crippen LogP contribution in [0.25, 0.3) is 0 Å². The third-order valence-corrected chi connectivity index (χ3v) is 22.4. The van der Waals surface area contributed by atoms with Crippen LogP contribution in [0.5, 0.6) is 11.5 Å². The van der Waals surface area contributed by atoms with Crippen molar-refractivity contribution in [2.75, 3.05) is 47.1 Å². The Balaban J connectivity index is 0.871. The van der Waals surface area contributed by atoms with Crippen LogP contribution >= 0.6 is 8.53 Å². The lowest BCUT2D eigenvalue weighted by Crippen LogP contribution is -2.51. The lowest BCUT2D eigenvalue weighted by Gasteiger charge is -2.58. The standard InChI is InChI=1S/C69H103N4O7P/c1-49(2)21-19-22-52(7)63-35-36-64-62-34-29-56-45-60(37-39-67(56,8)65(62)38-40-68(63,64)9)79-66(74)71-42-17-12-13-18-43-72-47-61(80-81(78-44-20-41-70)73(50(3)4)51(5)6)46-57(72)48-77-69(53-23-15-14-16-24-53,54-25-30-58(75-10)31-26-54)55-27-32-59(76-11)33-28-55/h14-16,23-33,49-52,57,60-65H,12-13,17-22,34-40,42-48H2,1-11H3,(H,71,74)/t52-,57+,60+,61-,62?,63-,64?,65?,67+,68-,81?/m1/s1. The molecule has 4 unspecified atom stereocenters. The summed E-state index contributed by atoms with van der Waals surface area (Å²) in [6, 6.07) is 29.6. The Kier molecular flexibility index (Phi) is 22.7. The van der Waals surface area contributed by atoms with Crippen molar-refractivity contribution < 1.29 is 32.8 Å². The molecule has 3 saturated carbocycles. The highest BCUT2D eigenvalue weighted by molar-refractivity contribution is 7.44. The molecule has 0 bridgehead atoms. The van der Waals surface area contributed by atoms with E-state index in [9.17, 15) is 10.1 Å². The number of rotatable bonds is 29. The fourth-order valence-corrected chi connectivity index (χ4v) is 17.8. The molecule has 4 fully saturated rings. The summed E-state index contributed by atoms with van der Waals surface area (Å²) in [5.41, 5.74) is 4.36. The van der Waals surface area contributed by atoms with E-state index in [0.29, 0.717) is 31.6 Å². The van der Waals surface area contributed by atoms with E-state index in [4.69, 9.17) is 28.0 Å². The monoisotopic (exact) mass is 1130 g/mol. The van der Waals surface area contributed by atoms with Gasteiger partial charge in [-0.05, 0) is 186 Å². The van der Waals surface area contributed by atoms with E-state index >= 15 is 0 Å². The molecule has 0 spiro atoms. The highest BCUT2D eigenvalue weighted by Gasteiger charge is 2.59. The molecule has 3 aromatic rings. The third kappa shape index (κ3) is 14.9. The molecular weight excluding hydrogens is 1030 g/mol. The van der Waals surface area contributed by atoms with Gasteiger partial charge in [-0.15, -0.1) is 0 Å². The normalized spacial score (nSPS) is 27.3. The highest BCUT2D eigenvalue weighted by Crippen LogP contribution is 2.67. The second-order valence-corrected chi connectivity index (χ2v) is 27.8. The predicted octanol–water partition coefficient (Wildman–Crippen LogP) is 16.4. The molecule has 12 heteroatoms. The van der Waals surface area contributed by atoms with E-state index in [0.717, 1.165) is 128 Å². The first-order valence-corrected chi connectivity index (χ1v) is 32.8. The average molecular weight is 1130 g/mol. The summed E-state index contributed by atoms with van der Waals surface area (Å²) in [6.07, 6.45) is 21.1. The number of fused-ring (bicyclic) bond motifs is 5. The maximum atomic E-state index is 13.4. The molecule has 1 N–H and O–H groups in total. The summed E-state index contributed by atoms with van der Waals surface area (Å²) in [7, 11) is 1.96. The van der Waals surface area contributed by atoms with Gasteiger partial charge < -0.3 is 33.3 Å². The van der Waals surface area contributed by atoms with Gasteiger partial charge in [0.15, 0.2) is 0 Å². The maximum absolute atomic E-state index is 13.4. The number of nitrogens with zero attached hydrogens (tertiary/aromatic N) is 3. The lowest BCUT2D eigenvalue weighted by molar-refractivity contribution is -0.0581. The molecule has 1 aliphatic heterocycles. The third-order valence-electron chi connectivity index (χ3n) is 20.2. The van der Waals surface area contributed by atoms with E-state index in [1.807, 2.05) is 30.3 Å². The number of hydrogen-bond acceptors (Lipinski definition) is 10. The summed E-state index contributed by atoms with van der Waals surface area (Å²) in [5.74, 6) is 6.47. The van der Waals surface area contributed by atoms with E-state index in [-0.39, 0.29) is 41.8 Å². The number of allylic oxidation sites excluding steroid dienone is 1. The van der Waals surface area contributed by atoms with Crippen LogP contribution in [-0.2, 0) is 24.1 Å². The van der Waals surface area contributed by atoms with Gasteiger partial charge in [0.25, 0.3) is 8.53 Å². The summed E-state index contributed by atoms with van der Waals surface area (Å²) < 4.78 is 40.8. The second kappa shape index (κ2) is 29.2. The molecule has 5 aliphatic rings. The van der Waals surface area contributed by atoms with E-state index in [1.165, 1.54) is 51.4 Å². The molecule has 11 nitrogen and oxygen atoms in total. The van der Waals surface area contributed by atoms with Crippen molar-refractivity contribution in [1.82, 2.24) is 14.9 Å². The zero-order valence-corrected chi connectivity index (χ0v) is 52.5. The minimum absolute atomic E-state index is 0.0489. The fraction of sp³-hybridized carbons (Fsp3) is 0.681. The smallest absolute Gasteiger partial charge is 0.407 e. The van der Waals surface area contributed by atoms with Crippen molar-refractivity contribution in [3.05, 3.63) is 107 Å². The van der Waals surface area contributed by atoms with Gasteiger partial charge in [0.2, 0.25) is 0 Å². The Bertz CT molecular complexity index is 2430. The molecule has 8 rings (SSSR count). The quantitative estimate of drug-likeness (QED) is 0.0312. The summed E-state index contributed by atoms with van der Waals surface area (Å²) in [4.78, 5) is 15.9. The maximum Gasteiger partial charge on any atom is 0.407 e. The largest absolute Gasteiger partial charge is 0.497 e. The molecule has 446 valence electrons. The van der Waals surface area contributed by atoms with Crippen LogP contribution in [0.15, 0.2) is 90.5 Å². The number of carbonyl (C=O) groups is 1. The van der Waals surface area contributed by atoms with Crippen molar-refractivity contribution in [3.63, 3.8) is 0 Å². The van der Waals surface area contributed by atoms with Crippen molar-refractivity contribution in [2.45, 2.75) is 207 Å². The number of nitrogens with one attached hydrogen (secondary N) is 1. The SMILES string of the molecule is COc1ccc(C(OC[C@@H]2C[C@@H](OP(OCCC#N)N(C(C)C)C(C)C)CN2CCCCCCNC(=O)O[C@H]2CC[C@@]3(C)C(=CCC4C3CC[C@@]3(C)C4CC[C@@H]3[C@H](C)CCCC(C)C)C2)(c2ccccc2)c2ccc(OC)cc2)cc1. The number of amides is 1. The van der Waals surface area contributed by atoms with Gasteiger partial charge in [0, 0.05) is 37.6 Å². The molecule has 1 amide bonds. The van der Waals surface area contributed by atoms with Crippen molar-refractivity contribution in [2.24, 2.45) is 46.3 Å². The van der Waals surface area contributed by atoms with Crippen molar-refractivity contribution in [1.29, 1.82) is 5.26 Å². The summed E-state index contributed by atoms with van der Waals surface area (Å²) in [5, 5.41) is 12.6. The Morgan fingerprint density at radius 1 is 0.790 bits per heavy atom. The van der Waals surface area contributed by atoms with Crippen LogP contribution in [0.3, 0.4) is 0 Å². The van der Waals surface area contributed by atoms with Crippen molar-refractivity contribution in [3.8, 4) is 17.6 Å². The highest BCUT2D eigenvalue weighted by atomic mass is 31.2. The lowest BCUT2D eigenvalue weighted by atomic mass is 9.47. The zero-order chi connectivity index (χ0) is 57.7. The van der Waals surface area contributed by atoms with Gasteiger partial charge >= 0.3 is 6.09 Å². The van der Waals surface area contributed by atoms with Gasteiger partial charge in [-0.1, -0.05) is 133 Å². The summed E-state index contributed by atoms with van der Waals surface area (Å²) >= 11 is 0. The second-order valence-electron chi connectivity index (χ2n) is 26.4. The number of hydrogen-bond donors (Lipinski definition) is 1. The first-order chi connectivity index (χ1) is 39.0. The first kappa shape index (κ1) is 63.0. The van der Waals surface area contributed by atoms with Crippen molar-refractivity contribution >= 4 is 14.6 Å². The molecule has 1 saturated heterocycles. The molecule has 11 atom stereocenters. The Labute approximate surface area is 490 Å². The molecule has 4 aliphatic carbocycles. The number of ether oxygens (including phenoxy) is 4. The minimum atomic E-state index is -1.42. The van der Waals surface area contributed by atoms with Crippen LogP contribution in [0.2, 0.25) is 0 Å². The summed E-state index contributed by atoms with van der Waals surface area (Å²) in [6.45, 7) is 24.3. The first-order valence-electron chi connectivity index (χ1n) is 31.7. The van der Waals surface area contributed by atoms with Crippen LogP contribution in [0, 0.1) is 57.7 Å². The molecule has 81 heavy (non-hydrogen) atoms. The topological polar surface area (TPSA) is 115 Å². The number of alkyl carbamates (subject to hydrolysis) is 1. The average Bonchev–Trinajstić information content (AvgIpc) is 4.07. The molecule has 0 aromatic heterocycles. The van der Waals surface area contributed by atoms with Gasteiger partial charge in [-0.25, -0.2) is 9.46 Å². The number of nitriles is 1. The number of likely N-dealkylation sites (tertiary alicyclic amines) is 1. The Morgan fingerprint density at radius 2 is 1.46 bits per heavy atom. The van der Waals surface area contributed by atoms with Gasteiger partial charge in [0.1, 0.15) is 23.2 Å². The number of methoxy groups -OCH3 is 2. The predicted molar refractivity (Wildman–Crippen MR) is 328 cm³/mol. The molecule has 1 heterocycles. The molecule has 0 radical (unpaired) electrons. The van der Waals surface area contributed by atoms with Gasteiger partial charge in [-0.3, -0.25) is 4.90 Å². The van der Waals surface area contributed by atoms with Crippen LogP contribution < -0.4 is 14.8 Å². The molecular formula is C69H103N4O7P. The number of unbranched alkanes of at least 4 members (excludes halogenated alkanes) is 3. The van der Waals surface area contributed by atoms with E-state index in [2.05, 4.69) is 138 Å². The number of carbonyl (C=O) groups excluding carboxylic acids is 1. The van der Waals surface area contributed by atoms with Crippen LogP contribution in [0.1, 0.15) is 188 Å². The van der Waals surface area contributed by atoms with Crippen LogP contribution in [-0.4, -0.2) is 93.1 Å². The van der Waals surface area contributed by atoms with Gasteiger partial charge in [0.05, 0.1) is 46.0 Å².